The highest BCUT2D eigenvalue weighted by Gasteiger charge is 2.30. The van der Waals surface area contributed by atoms with Crippen LogP contribution in [0.15, 0.2) is 0 Å². The highest BCUT2D eigenvalue weighted by molar-refractivity contribution is 5.80. The number of hydrogen-bond acceptors (Lipinski definition) is 3. The van der Waals surface area contributed by atoms with Gasteiger partial charge in [-0.15, -0.1) is 0 Å². The van der Waals surface area contributed by atoms with E-state index < -0.39 is 0 Å². The van der Waals surface area contributed by atoms with E-state index in [4.69, 9.17) is 5.73 Å². The molecule has 0 aliphatic heterocycles. The summed E-state index contributed by atoms with van der Waals surface area (Å²) in [6.45, 7) is 6.33. The Morgan fingerprint density at radius 2 is 2.00 bits per heavy atom. The van der Waals surface area contributed by atoms with Gasteiger partial charge in [-0.05, 0) is 39.0 Å². The lowest BCUT2D eigenvalue weighted by molar-refractivity contribution is -0.127. The van der Waals surface area contributed by atoms with Crippen molar-refractivity contribution in [1.82, 2.24) is 10.6 Å². The fraction of sp³-hybridized carbons (Fsp3) is 0.857. The SMILES string of the molecule is CC(C)NC(=O)CCNC(=O)C1CCC(N)CC1C. The summed E-state index contributed by atoms with van der Waals surface area (Å²) in [6, 6.07) is 0.374. The van der Waals surface area contributed by atoms with Gasteiger partial charge in [0.25, 0.3) is 0 Å². The van der Waals surface area contributed by atoms with Gasteiger partial charge in [0.05, 0.1) is 0 Å². The molecule has 4 N–H and O–H groups in total. The van der Waals surface area contributed by atoms with Crippen LogP contribution in [0.25, 0.3) is 0 Å². The first kappa shape index (κ1) is 16.0. The second-order valence-electron chi connectivity index (χ2n) is 5.92. The Kier molecular flexibility index (Phi) is 6.28. The van der Waals surface area contributed by atoms with E-state index >= 15 is 0 Å². The topological polar surface area (TPSA) is 84.2 Å². The van der Waals surface area contributed by atoms with E-state index in [1.54, 1.807) is 0 Å². The van der Waals surface area contributed by atoms with Gasteiger partial charge in [-0.2, -0.15) is 0 Å². The van der Waals surface area contributed by atoms with Crippen LogP contribution in [0, 0.1) is 11.8 Å². The first-order chi connectivity index (χ1) is 8.90. The molecule has 0 bridgehead atoms. The summed E-state index contributed by atoms with van der Waals surface area (Å²) in [5.74, 6) is 0.423. The second-order valence-corrected chi connectivity index (χ2v) is 5.92. The normalized spacial score (nSPS) is 27.1. The smallest absolute Gasteiger partial charge is 0.223 e. The maximum absolute atomic E-state index is 12.0. The lowest BCUT2D eigenvalue weighted by atomic mass is 9.78. The zero-order valence-electron chi connectivity index (χ0n) is 12.2. The monoisotopic (exact) mass is 269 g/mol. The van der Waals surface area contributed by atoms with Crippen LogP contribution in [0.2, 0.25) is 0 Å². The minimum Gasteiger partial charge on any atom is -0.355 e. The van der Waals surface area contributed by atoms with Gasteiger partial charge >= 0.3 is 0 Å². The van der Waals surface area contributed by atoms with Gasteiger partial charge in [0.2, 0.25) is 11.8 Å². The van der Waals surface area contributed by atoms with Crippen molar-refractivity contribution >= 4 is 11.8 Å². The van der Waals surface area contributed by atoms with Crippen molar-refractivity contribution in [2.75, 3.05) is 6.54 Å². The van der Waals surface area contributed by atoms with Crippen LogP contribution in [0.1, 0.15) is 46.5 Å². The number of carbonyl (C=O) groups is 2. The molecule has 5 heteroatoms. The predicted molar refractivity (Wildman–Crippen MR) is 75.4 cm³/mol. The Bertz CT molecular complexity index is 318. The molecule has 0 aromatic carbocycles. The van der Waals surface area contributed by atoms with E-state index in [-0.39, 0.29) is 29.8 Å². The molecule has 0 aromatic rings. The summed E-state index contributed by atoms with van der Waals surface area (Å²) < 4.78 is 0. The minimum absolute atomic E-state index is 0.0194. The first-order valence-electron chi connectivity index (χ1n) is 7.22. The summed E-state index contributed by atoms with van der Waals surface area (Å²) in [7, 11) is 0. The van der Waals surface area contributed by atoms with Gasteiger partial charge in [-0.3, -0.25) is 9.59 Å². The number of nitrogens with one attached hydrogen (secondary N) is 2. The molecule has 3 unspecified atom stereocenters. The number of hydrogen-bond donors (Lipinski definition) is 3. The van der Waals surface area contributed by atoms with E-state index in [2.05, 4.69) is 17.6 Å². The van der Waals surface area contributed by atoms with Gasteiger partial charge in [0.1, 0.15) is 0 Å². The van der Waals surface area contributed by atoms with E-state index in [0.29, 0.717) is 18.9 Å². The van der Waals surface area contributed by atoms with Crippen LogP contribution in [0.4, 0.5) is 0 Å². The molecular weight excluding hydrogens is 242 g/mol. The van der Waals surface area contributed by atoms with E-state index in [1.165, 1.54) is 0 Å². The van der Waals surface area contributed by atoms with Crippen molar-refractivity contribution in [1.29, 1.82) is 0 Å². The Morgan fingerprint density at radius 3 is 2.58 bits per heavy atom. The Morgan fingerprint density at radius 1 is 1.32 bits per heavy atom. The Balaban J connectivity index is 2.26. The Labute approximate surface area is 115 Å². The summed E-state index contributed by atoms with van der Waals surface area (Å²) >= 11 is 0. The van der Waals surface area contributed by atoms with Crippen LogP contribution in [0.5, 0.6) is 0 Å². The van der Waals surface area contributed by atoms with Crippen molar-refractivity contribution in [2.24, 2.45) is 17.6 Å². The maximum atomic E-state index is 12.0. The lowest BCUT2D eigenvalue weighted by Gasteiger charge is -2.31. The number of nitrogens with two attached hydrogens (primary N) is 1. The summed E-state index contributed by atoms with van der Waals surface area (Å²) in [6.07, 6.45) is 3.01. The number of carbonyl (C=O) groups excluding carboxylic acids is 2. The van der Waals surface area contributed by atoms with Crippen LogP contribution >= 0.6 is 0 Å². The largest absolute Gasteiger partial charge is 0.355 e. The molecule has 110 valence electrons. The van der Waals surface area contributed by atoms with Crippen molar-refractivity contribution in [3.63, 3.8) is 0 Å². The van der Waals surface area contributed by atoms with Crippen molar-refractivity contribution < 1.29 is 9.59 Å². The summed E-state index contributed by atoms with van der Waals surface area (Å²) in [5.41, 5.74) is 5.89. The minimum atomic E-state index is -0.0194. The molecule has 5 nitrogen and oxygen atoms in total. The Hall–Kier alpha value is -1.10. The van der Waals surface area contributed by atoms with Crippen LogP contribution in [0.3, 0.4) is 0 Å². The molecular formula is C14H27N3O2. The zero-order chi connectivity index (χ0) is 14.4. The average Bonchev–Trinajstić information content (AvgIpc) is 2.27. The molecule has 0 aromatic heterocycles. The fourth-order valence-corrected chi connectivity index (χ4v) is 2.65. The summed E-state index contributed by atoms with van der Waals surface area (Å²) in [4.78, 5) is 23.5. The highest BCUT2D eigenvalue weighted by atomic mass is 16.2. The molecule has 0 radical (unpaired) electrons. The van der Waals surface area contributed by atoms with Gasteiger partial charge in [-0.25, -0.2) is 0 Å². The third kappa shape index (κ3) is 5.59. The summed E-state index contributed by atoms with van der Waals surface area (Å²) in [5, 5.41) is 5.67. The fourth-order valence-electron chi connectivity index (χ4n) is 2.65. The molecule has 19 heavy (non-hydrogen) atoms. The zero-order valence-corrected chi connectivity index (χ0v) is 12.2. The van der Waals surface area contributed by atoms with E-state index in [0.717, 1.165) is 19.3 Å². The number of amides is 2. The van der Waals surface area contributed by atoms with Crippen molar-refractivity contribution in [3.05, 3.63) is 0 Å². The van der Waals surface area contributed by atoms with Crippen molar-refractivity contribution in [3.8, 4) is 0 Å². The lowest BCUT2D eigenvalue weighted by Crippen LogP contribution is -2.42. The van der Waals surface area contributed by atoms with Gasteiger partial charge < -0.3 is 16.4 Å². The molecule has 1 aliphatic carbocycles. The standard InChI is InChI=1S/C14H27N3O2/c1-9(2)17-13(18)6-7-16-14(19)12-5-4-11(15)8-10(12)3/h9-12H,4-8,15H2,1-3H3,(H,16,19)(H,17,18). The number of rotatable bonds is 5. The quantitative estimate of drug-likeness (QED) is 0.689. The van der Waals surface area contributed by atoms with Crippen LogP contribution < -0.4 is 16.4 Å². The molecule has 3 atom stereocenters. The molecule has 1 fully saturated rings. The maximum Gasteiger partial charge on any atom is 0.223 e. The highest BCUT2D eigenvalue weighted by Crippen LogP contribution is 2.29. The third-order valence-electron chi connectivity index (χ3n) is 3.65. The van der Waals surface area contributed by atoms with Gasteiger partial charge in [-0.1, -0.05) is 6.92 Å². The molecule has 0 heterocycles. The molecule has 0 saturated heterocycles. The second kappa shape index (κ2) is 7.48. The molecule has 1 rings (SSSR count). The van der Waals surface area contributed by atoms with Gasteiger partial charge in [0, 0.05) is 31.0 Å². The first-order valence-corrected chi connectivity index (χ1v) is 7.22. The van der Waals surface area contributed by atoms with Crippen LogP contribution in [-0.4, -0.2) is 30.4 Å². The molecule has 2 amide bonds. The van der Waals surface area contributed by atoms with Crippen LogP contribution in [-0.2, 0) is 9.59 Å². The molecule has 1 saturated carbocycles. The predicted octanol–water partition coefficient (Wildman–Crippen LogP) is 0.781. The van der Waals surface area contributed by atoms with E-state index in [1.807, 2.05) is 13.8 Å². The van der Waals surface area contributed by atoms with Gasteiger partial charge in [0.15, 0.2) is 0 Å². The molecule has 0 spiro atoms. The van der Waals surface area contributed by atoms with E-state index in [9.17, 15) is 9.59 Å². The third-order valence-corrected chi connectivity index (χ3v) is 3.65. The van der Waals surface area contributed by atoms with Crippen molar-refractivity contribution in [2.45, 2.75) is 58.5 Å². The average molecular weight is 269 g/mol. The molecule has 1 aliphatic rings.